The predicted octanol–water partition coefficient (Wildman–Crippen LogP) is -0.996. The molecular formula is C6H11NO4. The topological polar surface area (TPSA) is 89.6 Å². The Morgan fingerprint density at radius 2 is 2.18 bits per heavy atom. The van der Waals surface area contributed by atoms with Crippen LogP contribution in [0.25, 0.3) is 0 Å². The summed E-state index contributed by atoms with van der Waals surface area (Å²) >= 11 is 0. The number of hydrogen-bond acceptors (Lipinski definition) is 4. The maximum Gasteiger partial charge on any atom is 0.322 e. The van der Waals surface area contributed by atoms with Crippen LogP contribution in [0, 0.1) is 0 Å². The highest BCUT2D eigenvalue weighted by molar-refractivity contribution is 5.77. The SMILES string of the molecule is CC(=O)COC[C@H](N)C(=O)O. The number of ketones is 1. The third-order valence-corrected chi connectivity index (χ3v) is 0.920. The van der Waals surface area contributed by atoms with E-state index < -0.39 is 12.0 Å². The van der Waals surface area contributed by atoms with E-state index in [1.54, 1.807) is 0 Å². The minimum Gasteiger partial charge on any atom is -0.480 e. The van der Waals surface area contributed by atoms with Gasteiger partial charge in [0.2, 0.25) is 0 Å². The second kappa shape index (κ2) is 4.81. The molecule has 0 rings (SSSR count). The number of carboxylic acid groups (broad SMARTS) is 1. The lowest BCUT2D eigenvalue weighted by Crippen LogP contribution is -2.35. The molecule has 3 N–H and O–H groups in total. The molecule has 0 aliphatic heterocycles. The van der Waals surface area contributed by atoms with Crippen molar-refractivity contribution in [3.05, 3.63) is 0 Å². The van der Waals surface area contributed by atoms with E-state index in [4.69, 9.17) is 10.8 Å². The fourth-order valence-corrected chi connectivity index (χ4v) is 0.401. The van der Waals surface area contributed by atoms with Gasteiger partial charge in [-0.15, -0.1) is 0 Å². The normalized spacial score (nSPS) is 12.5. The van der Waals surface area contributed by atoms with Crippen LogP contribution in [0.4, 0.5) is 0 Å². The van der Waals surface area contributed by atoms with Gasteiger partial charge in [0.25, 0.3) is 0 Å². The van der Waals surface area contributed by atoms with Crippen molar-refractivity contribution in [2.75, 3.05) is 13.2 Å². The Morgan fingerprint density at radius 3 is 2.55 bits per heavy atom. The van der Waals surface area contributed by atoms with Crippen LogP contribution in [-0.2, 0) is 14.3 Å². The summed E-state index contributed by atoms with van der Waals surface area (Å²) in [5.41, 5.74) is 5.07. The number of nitrogens with two attached hydrogens (primary N) is 1. The predicted molar refractivity (Wildman–Crippen MR) is 37.1 cm³/mol. The second-order valence-electron chi connectivity index (χ2n) is 2.16. The Balaban J connectivity index is 3.39. The van der Waals surface area contributed by atoms with Gasteiger partial charge in [-0.05, 0) is 6.92 Å². The fraction of sp³-hybridized carbons (Fsp3) is 0.667. The summed E-state index contributed by atoms with van der Waals surface area (Å²) < 4.78 is 4.66. The summed E-state index contributed by atoms with van der Waals surface area (Å²) in [5.74, 6) is -1.28. The molecule has 0 saturated heterocycles. The Labute approximate surface area is 64.1 Å². The zero-order valence-corrected chi connectivity index (χ0v) is 6.24. The van der Waals surface area contributed by atoms with Crippen LogP contribution < -0.4 is 5.73 Å². The lowest BCUT2D eigenvalue weighted by atomic mass is 10.3. The highest BCUT2D eigenvalue weighted by atomic mass is 16.5. The Hall–Kier alpha value is -0.940. The minimum atomic E-state index is -1.13. The summed E-state index contributed by atoms with van der Waals surface area (Å²) in [7, 11) is 0. The van der Waals surface area contributed by atoms with Gasteiger partial charge in [0.1, 0.15) is 12.6 Å². The van der Waals surface area contributed by atoms with Crippen molar-refractivity contribution < 1.29 is 19.4 Å². The molecule has 5 nitrogen and oxygen atoms in total. The van der Waals surface area contributed by atoms with Crippen LogP contribution >= 0.6 is 0 Å². The van der Waals surface area contributed by atoms with Gasteiger partial charge >= 0.3 is 5.97 Å². The first-order valence-corrected chi connectivity index (χ1v) is 3.09. The number of carbonyl (C=O) groups is 2. The first kappa shape index (κ1) is 10.1. The molecule has 0 radical (unpaired) electrons. The van der Waals surface area contributed by atoms with E-state index in [9.17, 15) is 9.59 Å². The van der Waals surface area contributed by atoms with Crippen molar-refractivity contribution in [2.24, 2.45) is 5.73 Å². The number of aliphatic carboxylic acids is 1. The zero-order chi connectivity index (χ0) is 8.85. The van der Waals surface area contributed by atoms with Gasteiger partial charge in [-0.25, -0.2) is 0 Å². The van der Waals surface area contributed by atoms with Crippen molar-refractivity contribution in [3.63, 3.8) is 0 Å². The molecule has 0 aromatic heterocycles. The standard InChI is InChI=1S/C6H11NO4/c1-4(8)2-11-3-5(7)6(9)10/h5H,2-3,7H2,1H3,(H,9,10)/t5-/m0/s1. The molecule has 0 fully saturated rings. The number of hydrogen-bond donors (Lipinski definition) is 2. The van der Waals surface area contributed by atoms with E-state index in [0.29, 0.717) is 0 Å². The molecule has 0 spiro atoms. The maximum absolute atomic E-state index is 10.3. The van der Waals surface area contributed by atoms with Gasteiger partial charge in [-0.2, -0.15) is 0 Å². The number of Topliss-reactive ketones (excluding diaryl/α,β-unsaturated/α-hetero) is 1. The Kier molecular flexibility index (Phi) is 4.40. The molecule has 0 aliphatic carbocycles. The number of carbonyl (C=O) groups excluding carboxylic acids is 1. The first-order valence-electron chi connectivity index (χ1n) is 3.09. The van der Waals surface area contributed by atoms with E-state index in [2.05, 4.69) is 4.74 Å². The molecule has 0 unspecified atom stereocenters. The summed E-state index contributed by atoms with van der Waals surface area (Å²) in [6, 6.07) is -1.05. The van der Waals surface area contributed by atoms with Gasteiger partial charge in [0.05, 0.1) is 6.61 Å². The quantitative estimate of drug-likeness (QED) is 0.540. The van der Waals surface area contributed by atoms with Gasteiger partial charge in [0.15, 0.2) is 5.78 Å². The molecule has 0 amide bonds. The maximum atomic E-state index is 10.3. The number of ether oxygens (including phenoxy) is 1. The minimum absolute atomic E-state index is 0.0824. The average Bonchev–Trinajstić information content (AvgIpc) is 1.86. The van der Waals surface area contributed by atoms with Gasteiger partial charge < -0.3 is 15.6 Å². The van der Waals surface area contributed by atoms with E-state index in [1.807, 2.05) is 0 Å². The summed E-state index contributed by atoms with van der Waals surface area (Å²) in [6.07, 6.45) is 0. The number of carboxylic acids is 1. The largest absolute Gasteiger partial charge is 0.480 e. The van der Waals surface area contributed by atoms with Crippen molar-refractivity contribution in [1.29, 1.82) is 0 Å². The third-order valence-electron chi connectivity index (χ3n) is 0.920. The second-order valence-corrected chi connectivity index (χ2v) is 2.16. The van der Waals surface area contributed by atoms with Crippen LogP contribution in [0.3, 0.4) is 0 Å². The molecule has 5 heteroatoms. The molecule has 0 aromatic rings. The average molecular weight is 161 g/mol. The van der Waals surface area contributed by atoms with Crippen LogP contribution in [-0.4, -0.2) is 36.1 Å². The molecule has 64 valence electrons. The summed E-state index contributed by atoms with van der Waals surface area (Å²) in [6.45, 7) is 1.14. The van der Waals surface area contributed by atoms with Crippen molar-refractivity contribution in [1.82, 2.24) is 0 Å². The highest BCUT2D eigenvalue weighted by Crippen LogP contribution is 1.82. The van der Waals surface area contributed by atoms with Crippen LogP contribution in [0.15, 0.2) is 0 Å². The molecule has 0 bridgehead atoms. The van der Waals surface area contributed by atoms with Crippen LogP contribution in [0.1, 0.15) is 6.92 Å². The summed E-state index contributed by atoms with van der Waals surface area (Å²) in [4.78, 5) is 20.4. The molecule has 0 heterocycles. The van der Waals surface area contributed by atoms with E-state index in [-0.39, 0.29) is 19.0 Å². The third kappa shape index (κ3) is 5.50. The molecule has 1 atom stereocenters. The molecule has 11 heavy (non-hydrogen) atoms. The van der Waals surface area contributed by atoms with E-state index in [0.717, 1.165) is 0 Å². The highest BCUT2D eigenvalue weighted by Gasteiger charge is 2.10. The number of rotatable bonds is 5. The fourth-order valence-electron chi connectivity index (χ4n) is 0.401. The van der Waals surface area contributed by atoms with Gasteiger partial charge in [0, 0.05) is 0 Å². The Morgan fingerprint density at radius 1 is 1.64 bits per heavy atom. The van der Waals surface area contributed by atoms with Crippen molar-refractivity contribution >= 4 is 11.8 Å². The van der Waals surface area contributed by atoms with E-state index >= 15 is 0 Å². The van der Waals surface area contributed by atoms with Gasteiger partial charge in [-0.1, -0.05) is 0 Å². The van der Waals surface area contributed by atoms with Crippen molar-refractivity contribution in [3.8, 4) is 0 Å². The lowest BCUT2D eigenvalue weighted by molar-refractivity contribution is -0.140. The van der Waals surface area contributed by atoms with Crippen molar-refractivity contribution in [2.45, 2.75) is 13.0 Å². The molecular weight excluding hydrogens is 150 g/mol. The van der Waals surface area contributed by atoms with Crippen LogP contribution in [0.2, 0.25) is 0 Å². The van der Waals surface area contributed by atoms with Crippen LogP contribution in [0.5, 0.6) is 0 Å². The monoisotopic (exact) mass is 161 g/mol. The summed E-state index contributed by atoms with van der Waals surface area (Å²) in [5, 5.41) is 8.26. The molecule has 0 aliphatic rings. The molecule has 0 saturated carbocycles. The van der Waals surface area contributed by atoms with E-state index in [1.165, 1.54) is 6.92 Å². The Bertz CT molecular complexity index is 157. The first-order chi connectivity index (χ1) is 5.04. The van der Waals surface area contributed by atoms with Gasteiger partial charge in [-0.3, -0.25) is 9.59 Å². The zero-order valence-electron chi connectivity index (χ0n) is 6.24. The lowest BCUT2D eigenvalue weighted by Gasteiger charge is -2.05. The smallest absolute Gasteiger partial charge is 0.322 e. The molecule has 0 aromatic carbocycles.